The van der Waals surface area contributed by atoms with Gasteiger partial charge in [0.1, 0.15) is 18.0 Å². The lowest BCUT2D eigenvalue weighted by atomic mass is 10.0. The summed E-state index contributed by atoms with van der Waals surface area (Å²) in [6, 6.07) is 13.6. The fourth-order valence-electron chi connectivity index (χ4n) is 2.67. The number of nitrogen functional groups attached to an aromatic ring is 1. The Bertz CT molecular complexity index is 1050. The molecule has 3 aromatic rings. The van der Waals surface area contributed by atoms with Gasteiger partial charge in [0.2, 0.25) is 6.41 Å². The van der Waals surface area contributed by atoms with Crippen molar-refractivity contribution in [3.8, 4) is 0 Å². The predicted octanol–water partition coefficient (Wildman–Crippen LogP) is 2.15. The molecule has 9 nitrogen and oxygen atoms in total. The summed E-state index contributed by atoms with van der Waals surface area (Å²) in [4.78, 5) is 30.4. The first-order chi connectivity index (χ1) is 14.0. The van der Waals surface area contributed by atoms with Gasteiger partial charge in [0.25, 0.3) is 5.91 Å². The summed E-state index contributed by atoms with van der Waals surface area (Å²) >= 11 is 0. The first-order valence-electron chi connectivity index (χ1n) is 8.62. The number of hydrogen-bond acceptors (Lipinski definition) is 7. The van der Waals surface area contributed by atoms with Crippen molar-refractivity contribution < 1.29 is 9.59 Å². The lowest BCUT2D eigenvalue weighted by Gasteiger charge is -2.14. The molecule has 0 radical (unpaired) electrons. The zero-order chi connectivity index (χ0) is 20.8. The predicted molar refractivity (Wildman–Crippen MR) is 112 cm³/mol. The molecule has 146 valence electrons. The van der Waals surface area contributed by atoms with E-state index in [9.17, 15) is 9.59 Å². The van der Waals surface area contributed by atoms with Crippen molar-refractivity contribution in [1.82, 2.24) is 15.3 Å². The minimum absolute atomic E-state index is 0.119. The van der Waals surface area contributed by atoms with Crippen LogP contribution < -0.4 is 21.7 Å². The highest BCUT2D eigenvalue weighted by molar-refractivity contribution is 6.16. The van der Waals surface area contributed by atoms with E-state index in [2.05, 4.69) is 25.9 Å². The average Bonchev–Trinajstić information content (AvgIpc) is 2.74. The maximum atomic E-state index is 11.7. The Labute approximate surface area is 166 Å². The van der Waals surface area contributed by atoms with Crippen LogP contribution in [0.5, 0.6) is 0 Å². The molecule has 1 aromatic heterocycles. The molecule has 29 heavy (non-hydrogen) atoms. The van der Waals surface area contributed by atoms with Gasteiger partial charge in [-0.25, -0.2) is 9.97 Å². The van der Waals surface area contributed by atoms with Crippen molar-refractivity contribution in [1.29, 1.82) is 5.41 Å². The van der Waals surface area contributed by atoms with Crippen LogP contribution in [0.1, 0.15) is 21.5 Å². The smallest absolute Gasteiger partial charge is 0.251 e. The minimum atomic E-state index is -0.208. The van der Waals surface area contributed by atoms with Crippen molar-refractivity contribution in [2.75, 3.05) is 23.4 Å². The second kappa shape index (κ2) is 8.61. The summed E-state index contributed by atoms with van der Waals surface area (Å²) in [6.07, 6.45) is 1.91. The summed E-state index contributed by atoms with van der Waals surface area (Å²) in [5.74, 6) is 0.316. The number of carbonyl (C=O) groups is 2. The zero-order valence-corrected chi connectivity index (χ0v) is 15.6. The number of rotatable bonds is 7. The molecular formula is C20H19N7O2. The molecule has 0 unspecified atom stereocenters. The molecular weight excluding hydrogens is 370 g/mol. The molecule has 0 saturated heterocycles. The second-order valence-electron chi connectivity index (χ2n) is 5.98. The summed E-state index contributed by atoms with van der Waals surface area (Å²) in [5.41, 5.74) is 8.89. The van der Waals surface area contributed by atoms with E-state index < -0.39 is 0 Å². The molecule has 0 bridgehead atoms. The number of carbonyl (C=O) groups excluding carboxylic acids is 2. The highest BCUT2D eigenvalue weighted by atomic mass is 16.1. The van der Waals surface area contributed by atoms with Crippen molar-refractivity contribution >= 4 is 41.0 Å². The number of aromatic nitrogens is 2. The molecule has 6 N–H and O–H groups in total. The molecule has 3 rings (SSSR count). The van der Waals surface area contributed by atoms with Gasteiger partial charge in [-0.15, -0.1) is 0 Å². The van der Waals surface area contributed by atoms with E-state index in [1.54, 1.807) is 55.6 Å². The largest absolute Gasteiger partial charge is 0.383 e. The van der Waals surface area contributed by atoms with Crippen LogP contribution in [0.15, 0.2) is 54.9 Å². The van der Waals surface area contributed by atoms with Gasteiger partial charge in [-0.2, -0.15) is 0 Å². The number of benzene rings is 2. The van der Waals surface area contributed by atoms with E-state index >= 15 is 0 Å². The monoisotopic (exact) mass is 389 g/mol. The van der Waals surface area contributed by atoms with Crippen molar-refractivity contribution in [2.45, 2.75) is 0 Å². The second-order valence-corrected chi connectivity index (χ2v) is 5.98. The summed E-state index contributed by atoms with van der Waals surface area (Å²) in [6.45, 7) is 0. The van der Waals surface area contributed by atoms with Crippen molar-refractivity contribution in [2.24, 2.45) is 0 Å². The molecule has 1 heterocycles. The molecule has 0 saturated carbocycles. The Hall–Kier alpha value is -4.27. The first kappa shape index (κ1) is 19.5. The van der Waals surface area contributed by atoms with Crippen molar-refractivity contribution in [3.05, 3.63) is 71.5 Å². The van der Waals surface area contributed by atoms with E-state index in [1.165, 1.54) is 6.33 Å². The molecule has 2 amide bonds. The summed E-state index contributed by atoms with van der Waals surface area (Å²) in [7, 11) is 1.56. The summed E-state index contributed by atoms with van der Waals surface area (Å²) in [5, 5.41) is 16.8. The van der Waals surface area contributed by atoms with Gasteiger partial charge in [-0.05, 0) is 36.4 Å². The lowest BCUT2D eigenvalue weighted by molar-refractivity contribution is -0.105. The number of nitrogens with zero attached hydrogens (tertiary/aromatic N) is 2. The molecule has 0 aliphatic carbocycles. The van der Waals surface area contributed by atoms with Crippen LogP contribution in [-0.4, -0.2) is 35.0 Å². The minimum Gasteiger partial charge on any atom is -0.383 e. The first-order valence-corrected chi connectivity index (χ1v) is 8.62. The van der Waals surface area contributed by atoms with Gasteiger partial charge in [-0.3, -0.25) is 15.0 Å². The van der Waals surface area contributed by atoms with Crippen LogP contribution >= 0.6 is 0 Å². The van der Waals surface area contributed by atoms with Gasteiger partial charge < -0.3 is 21.7 Å². The number of amides is 2. The Balaban J connectivity index is 1.90. The van der Waals surface area contributed by atoms with Gasteiger partial charge in [0, 0.05) is 29.5 Å². The van der Waals surface area contributed by atoms with Crippen LogP contribution in [0.2, 0.25) is 0 Å². The third-order valence-corrected chi connectivity index (χ3v) is 4.16. The molecule has 0 fully saturated rings. The third kappa shape index (κ3) is 4.35. The molecule has 0 aliphatic heterocycles. The highest BCUT2D eigenvalue weighted by Crippen LogP contribution is 2.25. The molecule has 2 aromatic carbocycles. The maximum absolute atomic E-state index is 11.7. The Morgan fingerprint density at radius 1 is 1.00 bits per heavy atom. The fraction of sp³-hybridized carbons (Fsp3) is 0.0500. The molecule has 0 spiro atoms. The van der Waals surface area contributed by atoms with E-state index in [-0.39, 0.29) is 17.4 Å². The van der Waals surface area contributed by atoms with E-state index in [0.717, 1.165) is 0 Å². The Kier molecular flexibility index (Phi) is 5.79. The molecule has 9 heteroatoms. The van der Waals surface area contributed by atoms with Crippen LogP contribution in [-0.2, 0) is 4.79 Å². The number of nitrogens with two attached hydrogens (primary N) is 1. The fourth-order valence-corrected chi connectivity index (χ4v) is 2.67. The SMILES string of the molecule is CNC(=O)c1ccc(C(=N)c2c(N)ncnc2Nc2ccc(NC=O)cc2)cc1. The quantitative estimate of drug-likeness (QED) is 0.309. The zero-order valence-electron chi connectivity index (χ0n) is 15.6. The topological polar surface area (TPSA) is 146 Å². The highest BCUT2D eigenvalue weighted by Gasteiger charge is 2.17. The number of anilines is 4. The van der Waals surface area contributed by atoms with E-state index in [1.807, 2.05) is 0 Å². The van der Waals surface area contributed by atoms with Gasteiger partial charge in [0.15, 0.2) is 0 Å². The number of hydrogen-bond donors (Lipinski definition) is 5. The number of nitrogens with one attached hydrogen (secondary N) is 4. The van der Waals surface area contributed by atoms with E-state index in [0.29, 0.717) is 40.3 Å². The lowest BCUT2D eigenvalue weighted by Crippen LogP contribution is -2.18. The maximum Gasteiger partial charge on any atom is 0.251 e. The molecule has 0 aliphatic rings. The van der Waals surface area contributed by atoms with Crippen LogP contribution in [0.3, 0.4) is 0 Å². The van der Waals surface area contributed by atoms with Gasteiger partial charge in [0.05, 0.1) is 11.3 Å². The Morgan fingerprint density at radius 3 is 2.24 bits per heavy atom. The van der Waals surface area contributed by atoms with Crippen molar-refractivity contribution in [3.63, 3.8) is 0 Å². The normalized spacial score (nSPS) is 10.1. The van der Waals surface area contributed by atoms with E-state index in [4.69, 9.17) is 11.1 Å². The van der Waals surface area contributed by atoms with Gasteiger partial charge in [-0.1, -0.05) is 12.1 Å². The van der Waals surface area contributed by atoms with Crippen LogP contribution in [0.4, 0.5) is 23.0 Å². The van der Waals surface area contributed by atoms with Crippen LogP contribution in [0.25, 0.3) is 0 Å². The van der Waals surface area contributed by atoms with Crippen LogP contribution in [0, 0.1) is 5.41 Å². The third-order valence-electron chi connectivity index (χ3n) is 4.16. The molecule has 0 atom stereocenters. The average molecular weight is 389 g/mol. The summed E-state index contributed by atoms with van der Waals surface area (Å²) < 4.78 is 0. The Morgan fingerprint density at radius 2 is 1.62 bits per heavy atom. The standard InChI is InChI=1S/C20H19N7O2/c1-23-20(29)13-4-2-12(3-5-13)17(21)16-18(22)24-10-25-19(16)27-15-8-6-14(7-9-15)26-11-28/h2-11,21H,1H3,(H,23,29)(H,26,28)(H3,22,24,25,27). The van der Waals surface area contributed by atoms with Gasteiger partial charge >= 0.3 is 0 Å².